The number of hydrogen-bond acceptors (Lipinski definition) is 3. The minimum absolute atomic E-state index is 0.0577. The van der Waals surface area contributed by atoms with Gasteiger partial charge in [0.05, 0.1) is 9.79 Å². The molecule has 0 spiro atoms. The lowest BCUT2D eigenvalue weighted by molar-refractivity contribution is -0.121. The molecule has 3 aromatic carbocycles. The first-order chi connectivity index (χ1) is 14.8. The molecule has 0 fully saturated rings. The second kappa shape index (κ2) is 8.53. The number of benzene rings is 3. The van der Waals surface area contributed by atoms with Crippen LogP contribution in [0.25, 0.3) is 10.9 Å². The Labute approximate surface area is 184 Å². The molecule has 0 unspecified atom stereocenters. The number of carbonyl (C=O) groups is 1. The van der Waals surface area contributed by atoms with Gasteiger partial charge in [0.1, 0.15) is 12.4 Å². The van der Waals surface area contributed by atoms with Gasteiger partial charge in [-0.2, -0.15) is 0 Å². The van der Waals surface area contributed by atoms with Crippen LogP contribution in [0, 0.1) is 5.82 Å². The van der Waals surface area contributed by atoms with Crippen LogP contribution in [0.15, 0.2) is 88.8 Å². The second-order valence-corrected chi connectivity index (χ2v) is 9.35. The van der Waals surface area contributed by atoms with Gasteiger partial charge in [0.15, 0.2) is 0 Å². The van der Waals surface area contributed by atoms with Crippen molar-refractivity contribution in [3.63, 3.8) is 0 Å². The summed E-state index contributed by atoms with van der Waals surface area (Å²) in [4.78, 5) is 12.7. The van der Waals surface area contributed by atoms with Crippen LogP contribution in [-0.2, 0) is 27.7 Å². The van der Waals surface area contributed by atoms with Crippen molar-refractivity contribution in [2.45, 2.75) is 22.9 Å². The Morgan fingerprint density at radius 2 is 1.65 bits per heavy atom. The number of aromatic nitrogens is 1. The molecule has 0 saturated carbocycles. The maximum Gasteiger partial charge on any atom is 0.240 e. The van der Waals surface area contributed by atoms with E-state index in [2.05, 4.69) is 5.32 Å². The quantitative estimate of drug-likeness (QED) is 0.461. The average molecular weight is 457 g/mol. The third-order valence-electron chi connectivity index (χ3n) is 4.88. The van der Waals surface area contributed by atoms with E-state index >= 15 is 0 Å². The lowest BCUT2D eigenvalue weighted by Gasteiger charge is -2.07. The zero-order chi connectivity index (χ0) is 22.0. The van der Waals surface area contributed by atoms with Crippen LogP contribution in [0.5, 0.6) is 0 Å². The van der Waals surface area contributed by atoms with Gasteiger partial charge in [0.2, 0.25) is 15.7 Å². The van der Waals surface area contributed by atoms with Crippen molar-refractivity contribution >= 4 is 38.2 Å². The van der Waals surface area contributed by atoms with Gasteiger partial charge in [-0.3, -0.25) is 4.79 Å². The molecule has 0 saturated heterocycles. The normalized spacial score (nSPS) is 11.5. The molecule has 158 valence electrons. The Bertz CT molecular complexity index is 1350. The molecule has 0 atom stereocenters. The molecule has 1 aromatic heterocycles. The molecule has 1 heterocycles. The van der Waals surface area contributed by atoms with E-state index in [0.717, 1.165) is 5.56 Å². The molecule has 5 nitrogen and oxygen atoms in total. The topological polar surface area (TPSA) is 68.2 Å². The molecule has 0 aliphatic heterocycles. The van der Waals surface area contributed by atoms with Gasteiger partial charge in [-0.05, 0) is 48.0 Å². The van der Waals surface area contributed by atoms with Crippen molar-refractivity contribution in [2.75, 3.05) is 0 Å². The predicted molar refractivity (Wildman–Crippen MR) is 117 cm³/mol. The summed E-state index contributed by atoms with van der Waals surface area (Å²) in [5.74, 6) is -0.635. The smallest absolute Gasteiger partial charge is 0.240 e. The van der Waals surface area contributed by atoms with Crippen LogP contribution in [0.1, 0.15) is 5.56 Å². The molecule has 4 aromatic rings. The van der Waals surface area contributed by atoms with Crippen LogP contribution in [-0.4, -0.2) is 18.9 Å². The highest BCUT2D eigenvalue weighted by molar-refractivity contribution is 7.91. The number of nitrogens with zero attached hydrogens (tertiary/aromatic N) is 1. The van der Waals surface area contributed by atoms with Crippen molar-refractivity contribution in [2.24, 2.45) is 0 Å². The number of nitrogens with one attached hydrogen (secondary N) is 1. The molecule has 31 heavy (non-hydrogen) atoms. The molecule has 8 heteroatoms. The summed E-state index contributed by atoms with van der Waals surface area (Å²) in [6.07, 6.45) is 1.48. The molecule has 0 aliphatic carbocycles. The highest BCUT2D eigenvalue weighted by Gasteiger charge is 2.23. The molecule has 4 rings (SSSR count). The van der Waals surface area contributed by atoms with E-state index in [4.69, 9.17) is 11.6 Å². The Morgan fingerprint density at radius 1 is 0.968 bits per heavy atom. The van der Waals surface area contributed by atoms with Gasteiger partial charge < -0.3 is 9.88 Å². The molecule has 0 radical (unpaired) electrons. The second-order valence-electron chi connectivity index (χ2n) is 7.00. The number of sulfone groups is 1. The van der Waals surface area contributed by atoms with Crippen molar-refractivity contribution in [1.29, 1.82) is 0 Å². The standard InChI is InChI=1S/C23H18ClFN2O3S/c24-17-7-11-19(12-8-17)31(29,30)22-14-27(21-4-2-1-3-20(21)22)15-23(28)26-13-16-5-9-18(25)10-6-16/h1-12,14H,13,15H2,(H,26,28). The fourth-order valence-corrected chi connectivity index (χ4v) is 4.91. The molecule has 0 bridgehead atoms. The third kappa shape index (κ3) is 4.47. The fraction of sp³-hybridized carbons (Fsp3) is 0.0870. The number of amides is 1. The molecule has 1 amide bonds. The first-order valence-electron chi connectivity index (χ1n) is 9.44. The van der Waals surface area contributed by atoms with Gasteiger partial charge in [-0.15, -0.1) is 0 Å². The van der Waals surface area contributed by atoms with Crippen molar-refractivity contribution in [1.82, 2.24) is 9.88 Å². The number of hydrogen-bond donors (Lipinski definition) is 1. The first-order valence-corrected chi connectivity index (χ1v) is 11.3. The summed E-state index contributed by atoms with van der Waals surface area (Å²) < 4.78 is 41.0. The molecular formula is C23H18ClFN2O3S. The van der Waals surface area contributed by atoms with E-state index in [1.54, 1.807) is 41.0 Å². The van der Waals surface area contributed by atoms with E-state index in [9.17, 15) is 17.6 Å². The van der Waals surface area contributed by atoms with Crippen LogP contribution >= 0.6 is 11.6 Å². The largest absolute Gasteiger partial charge is 0.350 e. The van der Waals surface area contributed by atoms with E-state index in [0.29, 0.717) is 15.9 Å². The number of halogens is 2. The predicted octanol–water partition coefficient (Wildman–Crippen LogP) is 4.58. The lowest BCUT2D eigenvalue weighted by Crippen LogP contribution is -2.26. The molecule has 1 N–H and O–H groups in total. The summed E-state index contributed by atoms with van der Waals surface area (Å²) in [6.45, 7) is 0.187. The summed E-state index contributed by atoms with van der Waals surface area (Å²) in [5, 5.41) is 3.75. The number of carbonyl (C=O) groups excluding carboxylic acids is 1. The van der Waals surface area contributed by atoms with Gasteiger partial charge in [-0.1, -0.05) is 41.9 Å². The summed E-state index contributed by atoms with van der Waals surface area (Å²) in [5.41, 5.74) is 1.39. The van der Waals surface area contributed by atoms with Gasteiger partial charge in [0, 0.05) is 28.7 Å². The highest BCUT2D eigenvalue weighted by Crippen LogP contribution is 2.30. The van der Waals surface area contributed by atoms with E-state index in [1.807, 2.05) is 0 Å². The summed E-state index contributed by atoms with van der Waals surface area (Å²) in [6, 6.07) is 18.8. The van der Waals surface area contributed by atoms with Crippen LogP contribution in [0.2, 0.25) is 5.02 Å². The summed E-state index contributed by atoms with van der Waals surface area (Å²) >= 11 is 5.88. The van der Waals surface area contributed by atoms with Crippen molar-refractivity contribution < 1.29 is 17.6 Å². The number of fused-ring (bicyclic) bond motifs is 1. The first kappa shape index (κ1) is 21.1. The zero-order valence-corrected chi connectivity index (χ0v) is 17.8. The SMILES string of the molecule is O=C(Cn1cc(S(=O)(=O)c2ccc(Cl)cc2)c2ccccc21)NCc1ccc(F)cc1. The lowest BCUT2D eigenvalue weighted by atomic mass is 10.2. The Balaban J connectivity index is 1.61. The van der Waals surface area contributed by atoms with E-state index in [-0.39, 0.29) is 34.6 Å². The Kier molecular flexibility index (Phi) is 5.80. The van der Waals surface area contributed by atoms with E-state index < -0.39 is 9.84 Å². The number of para-hydroxylation sites is 1. The molecular weight excluding hydrogens is 439 g/mol. The van der Waals surface area contributed by atoms with E-state index in [1.165, 1.54) is 42.6 Å². The monoisotopic (exact) mass is 456 g/mol. The minimum Gasteiger partial charge on any atom is -0.350 e. The Hall–Kier alpha value is -3.16. The zero-order valence-electron chi connectivity index (χ0n) is 16.3. The van der Waals surface area contributed by atoms with Crippen molar-refractivity contribution in [3.8, 4) is 0 Å². The maximum atomic E-state index is 13.2. The highest BCUT2D eigenvalue weighted by atomic mass is 35.5. The third-order valence-corrected chi connectivity index (χ3v) is 6.93. The maximum absolute atomic E-state index is 13.2. The van der Waals surface area contributed by atoms with Gasteiger partial charge in [-0.25, -0.2) is 12.8 Å². The molecule has 0 aliphatic rings. The van der Waals surface area contributed by atoms with Crippen LogP contribution in [0.3, 0.4) is 0 Å². The van der Waals surface area contributed by atoms with Gasteiger partial charge in [0.25, 0.3) is 0 Å². The van der Waals surface area contributed by atoms with Gasteiger partial charge >= 0.3 is 0 Å². The average Bonchev–Trinajstić information content (AvgIpc) is 3.13. The summed E-state index contributed by atoms with van der Waals surface area (Å²) in [7, 11) is -3.80. The fourth-order valence-electron chi connectivity index (χ4n) is 3.31. The number of rotatable bonds is 6. The Morgan fingerprint density at radius 3 is 2.35 bits per heavy atom. The van der Waals surface area contributed by atoms with Crippen LogP contribution in [0.4, 0.5) is 4.39 Å². The minimum atomic E-state index is -3.80. The van der Waals surface area contributed by atoms with Crippen molar-refractivity contribution in [3.05, 3.63) is 95.4 Å². The van der Waals surface area contributed by atoms with Crippen LogP contribution < -0.4 is 5.32 Å².